The summed E-state index contributed by atoms with van der Waals surface area (Å²) in [5.74, 6) is 0.641. The highest BCUT2D eigenvalue weighted by Crippen LogP contribution is 2.33. The van der Waals surface area contributed by atoms with Gasteiger partial charge in [-0.3, -0.25) is 4.79 Å². The van der Waals surface area contributed by atoms with Gasteiger partial charge in [-0.25, -0.2) is 15.0 Å². The molecule has 6 nitrogen and oxygen atoms in total. The van der Waals surface area contributed by atoms with Crippen molar-refractivity contribution >= 4 is 17.2 Å². The Kier molecular flexibility index (Phi) is 3.82. The molecule has 4 rings (SSSR count). The lowest BCUT2D eigenvalue weighted by Gasteiger charge is -2.37. The number of rotatable bonds is 2. The summed E-state index contributed by atoms with van der Waals surface area (Å²) in [6, 6.07) is 1.98. The van der Waals surface area contributed by atoms with Crippen molar-refractivity contribution in [1.82, 2.24) is 19.9 Å². The quantitative estimate of drug-likeness (QED) is 0.845. The van der Waals surface area contributed by atoms with Crippen LogP contribution in [0, 0.1) is 6.92 Å². The second-order valence-electron chi connectivity index (χ2n) is 5.91. The van der Waals surface area contributed by atoms with E-state index in [-0.39, 0.29) is 18.1 Å². The standard InChI is InChI=1S/C16H18N4O2S/c1-10-13(23-15(19-10)14-17-6-3-7-18-14)16(21)20-8-9-22-12-5-2-4-11(12)20/h3,6-7,11-12H,2,4-5,8-9H2,1H3/t11-,12-/m0/s1. The third kappa shape index (κ3) is 2.64. The van der Waals surface area contributed by atoms with Crippen molar-refractivity contribution in [3.05, 3.63) is 29.0 Å². The molecule has 0 aromatic carbocycles. The Labute approximate surface area is 138 Å². The van der Waals surface area contributed by atoms with Crippen LogP contribution in [0.2, 0.25) is 0 Å². The topological polar surface area (TPSA) is 68.2 Å². The second-order valence-corrected chi connectivity index (χ2v) is 6.91. The number of amides is 1. The van der Waals surface area contributed by atoms with Gasteiger partial charge in [-0.05, 0) is 32.3 Å². The fraction of sp³-hybridized carbons (Fsp3) is 0.500. The summed E-state index contributed by atoms with van der Waals surface area (Å²) >= 11 is 1.38. The molecule has 1 aliphatic heterocycles. The largest absolute Gasteiger partial charge is 0.374 e. The molecule has 0 spiro atoms. The minimum Gasteiger partial charge on any atom is -0.374 e. The third-order valence-corrected chi connectivity index (χ3v) is 5.63. The van der Waals surface area contributed by atoms with Gasteiger partial charge < -0.3 is 9.64 Å². The zero-order valence-corrected chi connectivity index (χ0v) is 13.8. The zero-order chi connectivity index (χ0) is 15.8. The molecule has 23 heavy (non-hydrogen) atoms. The Morgan fingerprint density at radius 1 is 1.35 bits per heavy atom. The molecule has 2 fully saturated rings. The van der Waals surface area contributed by atoms with Crippen LogP contribution in [0.25, 0.3) is 10.8 Å². The van der Waals surface area contributed by atoms with Gasteiger partial charge in [0.1, 0.15) is 4.88 Å². The van der Waals surface area contributed by atoms with Crippen molar-refractivity contribution in [3.63, 3.8) is 0 Å². The van der Waals surface area contributed by atoms with Gasteiger partial charge in [-0.15, -0.1) is 11.3 Å². The molecule has 7 heteroatoms. The molecule has 2 atom stereocenters. The van der Waals surface area contributed by atoms with Crippen LogP contribution in [-0.2, 0) is 4.74 Å². The van der Waals surface area contributed by atoms with E-state index in [2.05, 4.69) is 15.0 Å². The number of aromatic nitrogens is 3. The summed E-state index contributed by atoms with van der Waals surface area (Å²) in [6.45, 7) is 3.16. The van der Waals surface area contributed by atoms with Crippen LogP contribution in [0.4, 0.5) is 0 Å². The molecule has 0 bridgehead atoms. The normalized spacial score (nSPS) is 23.8. The predicted octanol–water partition coefficient (Wildman–Crippen LogP) is 2.30. The summed E-state index contributed by atoms with van der Waals surface area (Å²) < 4.78 is 5.80. The van der Waals surface area contributed by atoms with Gasteiger partial charge >= 0.3 is 0 Å². The van der Waals surface area contributed by atoms with Crippen molar-refractivity contribution in [2.45, 2.75) is 38.3 Å². The van der Waals surface area contributed by atoms with Crippen LogP contribution < -0.4 is 0 Å². The molecule has 3 heterocycles. The van der Waals surface area contributed by atoms with Crippen molar-refractivity contribution in [2.75, 3.05) is 13.2 Å². The number of fused-ring (bicyclic) bond motifs is 1. The smallest absolute Gasteiger partial charge is 0.266 e. The molecule has 2 aromatic rings. The van der Waals surface area contributed by atoms with E-state index in [1.165, 1.54) is 11.3 Å². The zero-order valence-electron chi connectivity index (χ0n) is 12.9. The molecule has 0 unspecified atom stereocenters. The average Bonchev–Trinajstić information content (AvgIpc) is 3.21. The van der Waals surface area contributed by atoms with Crippen LogP contribution in [0.1, 0.15) is 34.6 Å². The minimum atomic E-state index is 0.0716. The number of thiazole rings is 1. The number of ether oxygens (including phenoxy) is 1. The van der Waals surface area contributed by atoms with E-state index in [4.69, 9.17) is 4.74 Å². The Bertz CT molecular complexity index is 718. The van der Waals surface area contributed by atoms with E-state index in [1.807, 2.05) is 11.8 Å². The van der Waals surface area contributed by atoms with E-state index in [9.17, 15) is 4.79 Å². The number of carbonyl (C=O) groups excluding carboxylic acids is 1. The van der Waals surface area contributed by atoms with E-state index in [0.29, 0.717) is 28.9 Å². The monoisotopic (exact) mass is 330 g/mol. The molecule has 120 valence electrons. The highest BCUT2D eigenvalue weighted by Gasteiger charge is 2.39. The number of hydrogen-bond acceptors (Lipinski definition) is 6. The molecular weight excluding hydrogens is 312 g/mol. The van der Waals surface area contributed by atoms with Gasteiger partial charge in [0.25, 0.3) is 5.91 Å². The molecule has 1 saturated carbocycles. The van der Waals surface area contributed by atoms with Crippen molar-refractivity contribution in [2.24, 2.45) is 0 Å². The van der Waals surface area contributed by atoms with Crippen LogP contribution in [0.15, 0.2) is 18.5 Å². The lowest BCUT2D eigenvalue weighted by molar-refractivity contribution is -0.0444. The van der Waals surface area contributed by atoms with Gasteiger partial charge in [0.05, 0.1) is 24.4 Å². The number of carbonyl (C=O) groups is 1. The highest BCUT2D eigenvalue weighted by molar-refractivity contribution is 7.17. The highest BCUT2D eigenvalue weighted by atomic mass is 32.1. The number of nitrogens with zero attached hydrogens (tertiary/aromatic N) is 4. The molecule has 2 aromatic heterocycles. The average molecular weight is 330 g/mol. The molecule has 0 radical (unpaired) electrons. The van der Waals surface area contributed by atoms with Crippen LogP contribution >= 0.6 is 11.3 Å². The van der Waals surface area contributed by atoms with Crippen molar-refractivity contribution in [3.8, 4) is 10.8 Å². The molecule has 1 saturated heterocycles. The number of aryl methyl sites for hydroxylation is 1. The first-order valence-corrected chi connectivity index (χ1v) is 8.73. The molecule has 2 aliphatic rings. The maximum atomic E-state index is 13.0. The predicted molar refractivity (Wildman–Crippen MR) is 86.3 cm³/mol. The van der Waals surface area contributed by atoms with Crippen LogP contribution in [0.5, 0.6) is 0 Å². The maximum Gasteiger partial charge on any atom is 0.266 e. The Morgan fingerprint density at radius 3 is 3.00 bits per heavy atom. The van der Waals surface area contributed by atoms with Gasteiger partial charge in [-0.2, -0.15) is 0 Å². The van der Waals surface area contributed by atoms with Crippen molar-refractivity contribution in [1.29, 1.82) is 0 Å². The number of hydrogen-bond donors (Lipinski definition) is 0. The first kappa shape index (κ1) is 14.7. The second kappa shape index (κ2) is 5.98. The molecule has 1 aliphatic carbocycles. The van der Waals surface area contributed by atoms with E-state index in [1.54, 1.807) is 18.5 Å². The lowest BCUT2D eigenvalue weighted by atomic mass is 10.1. The maximum absolute atomic E-state index is 13.0. The Morgan fingerprint density at radius 2 is 2.17 bits per heavy atom. The lowest BCUT2D eigenvalue weighted by Crippen LogP contribution is -2.51. The Balaban J connectivity index is 1.62. The van der Waals surface area contributed by atoms with E-state index in [0.717, 1.165) is 25.0 Å². The first-order valence-electron chi connectivity index (χ1n) is 7.91. The third-order valence-electron chi connectivity index (χ3n) is 4.49. The molecule has 0 N–H and O–H groups in total. The SMILES string of the molecule is Cc1nc(-c2ncccn2)sc1C(=O)N1CCO[C@H]2CCC[C@@H]21. The summed E-state index contributed by atoms with van der Waals surface area (Å²) in [7, 11) is 0. The van der Waals surface area contributed by atoms with Gasteiger partial charge in [0.15, 0.2) is 10.8 Å². The van der Waals surface area contributed by atoms with E-state index >= 15 is 0 Å². The fourth-order valence-electron chi connectivity index (χ4n) is 3.41. The summed E-state index contributed by atoms with van der Waals surface area (Å²) in [5, 5.41) is 0.697. The molecular formula is C16H18N4O2S. The van der Waals surface area contributed by atoms with Crippen LogP contribution in [0.3, 0.4) is 0 Å². The summed E-state index contributed by atoms with van der Waals surface area (Å²) in [5.41, 5.74) is 0.753. The first-order chi connectivity index (χ1) is 11.2. The van der Waals surface area contributed by atoms with Crippen LogP contribution in [-0.4, -0.2) is 51.1 Å². The summed E-state index contributed by atoms with van der Waals surface area (Å²) in [6.07, 6.45) is 6.79. The van der Waals surface area contributed by atoms with Crippen molar-refractivity contribution < 1.29 is 9.53 Å². The summed E-state index contributed by atoms with van der Waals surface area (Å²) in [4.78, 5) is 28.6. The Hall–Kier alpha value is -1.86. The fourth-order valence-corrected chi connectivity index (χ4v) is 4.38. The van der Waals surface area contributed by atoms with Gasteiger partial charge in [0.2, 0.25) is 0 Å². The van der Waals surface area contributed by atoms with E-state index < -0.39 is 0 Å². The van der Waals surface area contributed by atoms with Gasteiger partial charge in [-0.1, -0.05) is 0 Å². The van der Waals surface area contributed by atoms with Gasteiger partial charge in [0, 0.05) is 18.9 Å². The minimum absolute atomic E-state index is 0.0716. The molecule has 1 amide bonds. The number of morpholine rings is 1.